The molecule has 0 spiro atoms. The van der Waals surface area contributed by atoms with Crippen LogP contribution in [0.4, 0.5) is 19.0 Å². The molecule has 4 rings (SSSR count). The maximum atomic E-state index is 12.8. The van der Waals surface area contributed by atoms with E-state index in [4.69, 9.17) is 14.5 Å². The predicted molar refractivity (Wildman–Crippen MR) is 122 cm³/mol. The van der Waals surface area contributed by atoms with Gasteiger partial charge in [0.25, 0.3) is 0 Å². The summed E-state index contributed by atoms with van der Waals surface area (Å²) in [5, 5.41) is 2.94. The van der Waals surface area contributed by atoms with Crippen molar-refractivity contribution in [3.05, 3.63) is 53.2 Å². The van der Waals surface area contributed by atoms with Crippen LogP contribution in [0.5, 0.6) is 11.5 Å². The first-order chi connectivity index (χ1) is 15.9. The van der Waals surface area contributed by atoms with Gasteiger partial charge in [-0.3, -0.25) is 4.90 Å². The Morgan fingerprint density at radius 3 is 2.58 bits per heavy atom. The Kier molecular flexibility index (Phi) is 7.04. The zero-order chi connectivity index (χ0) is 23.4. The summed E-state index contributed by atoms with van der Waals surface area (Å²) >= 11 is 1.57. The summed E-state index contributed by atoms with van der Waals surface area (Å²) in [6.07, 6.45) is -2.57. The normalized spacial score (nSPS) is 15.4. The average molecular weight is 479 g/mol. The Morgan fingerprint density at radius 2 is 1.88 bits per heavy atom. The van der Waals surface area contributed by atoms with Gasteiger partial charge < -0.3 is 14.4 Å². The van der Waals surface area contributed by atoms with Crippen LogP contribution in [-0.2, 0) is 12.7 Å². The molecule has 1 aliphatic heterocycles. The number of hydrogen-bond donors (Lipinski definition) is 0. The highest BCUT2D eigenvalue weighted by atomic mass is 32.1. The molecule has 6 nitrogen and oxygen atoms in total. The van der Waals surface area contributed by atoms with Crippen LogP contribution in [0.25, 0.3) is 10.6 Å². The van der Waals surface area contributed by atoms with E-state index < -0.39 is 11.7 Å². The van der Waals surface area contributed by atoms with Crippen LogP contribution >= 0.6 is 11.3 Å². The number of methoxy groups -OCH3 is 2. The van der Waals surface area contributed by atoms with Crippen molar-refractivity contribution in [3.63, 3.8) is 0 Å². The lowest BCUT2D eigenvalue weighted by Gasteiger charge is -2.22. The average Bonchev–Trinajstić information content (AvgIpc) is 3.15. The van der Waals surface area contributed by atoms with Gasteiger partial charge in [0, 0.05) is 50.4 Å². The molecule has 176 valence electrons. The van der Waals surface area contributed by atoms with Gasteiger partial charge in [0.05, 0.1) is 31.0 Å². The van der Waals surface area contributed by atoms with Crippen LogP contribution in [0.1, 0.15) is 17.7 Å². The number of aromatic nitrogens is 2. The number of halogens is 3. The van der Waals surface area contributed by atoms with Crippen molar-refractivity contribution in [1.82, 2.24) is 14.9 Å². The van der Waals surface area contributed by atoms with E-state index in [0.717, 1.165) is 60.3 Å². The lowest BCUT2D eigenvalue weighted by molar-refractivity contribution is -0.137. The molecule has 0 radical (unpaired) electrons. The van der Waals surface area contributed by atoms with Gasteiger partial charge in [0.2, 0.25) is 0 Å². The monoisotopic (exact) mass is 478 g/mol. The van der Waals surface area contributed by atoms with Crippen LogP contribution < -0.4 is 14.4 Å². The van der Waals surface area contributed by atoms with Gasteiger partial charge in [0.1, 0.15) is 22.3 Å². The van der Waals surface area contributed by atoms with Gasteiger partial charge in [-0.1, -0.05) is 0 Å². The molecular formula is C23H25F3N4O2S. The van der Waals surface area contributed by atoms with E-state index in [-0.39, 0.29) is 0 Å². The van der Waals surface area contributed by atoms with E-state index in [2.05, 4.69) is 15.3 Å². The summed E-state index contributed by atoms with van der Waals surface area (Å²) in [5.41, 5.74) is 1.18. The summed E-state index contributed by atoms with van der Waals surface area (Å²) in [7, 11) is 3.24. The standard InChI is InChI=1S/C23H25F3N4O2S/c1-31-18-5-6-19(20(12-18)32-2)22-28-17(15-33-22)14-29-8-3-9-30(11-10-29)21-7-4-16(13-27-21)23(24,25)26/h4-7,12-13,15H,3,8-11,14H2,1-2H3. The van der Waals surface area contributed by atoms with Crippen LogP contribution in [-0.4, -0.2) is 55.3 Å². The van der Waals surface area contributed by atoms with E-state index in [1.54, 1.807) is 25.6 Å². The molecule has 3 aromatic rings. The highest BCUT2D eigenvalue weighted by Gasteiger charge is 2.31. The Bertz CT molecular complexity index is 1070. The van der Waals surface area contributed by atoms with Gasteiger partial charge in [-0.2, -0.15) is 13.2 Å². The number of alkyl halides is 3. The highest BCUT2D eigenvalue weighted by molar-refractivity contribution is 7.13. The molecule has 1 aliphatic rings. The highest BCUT2D eigenvalue weighted by Crippen LogP contribution is 2.35. The maximum Gasteiger partial charge on any atom is 0.417 e. The minimum Gasteiger partial charge on any atom is -0.497 e. The van der Waals surface area contributed by atoms with E-state index in [1.165, 1.54) is 6.07 Å². The minimum atomic E-state index is -4.37. The van der Waals surface area contributed by atoms with Gasteiger partial charge in [-0.05, 0) is 30.7 Å². The summed E-state index contributed by atoms with van der Waals surface area (Å²) in [6.45, 7) is 3.82. The van der Waals surface area contributed by atoms with Gasteiger partial charge in [0.15, 0.2) is 0 Å². The third-order valence-corrected chi connectivity index (χ3v) is 6.49. The first-order valence-corrected chi connectivity index (χ1v) is 11.4. The fourth-order valence-corrected chi connectivity index (χ4v) is 4.65. The molecule has 2 aromatic heterocycles. The van der Waals surface area contributed by atoms with E-state index in [1.807, 2.05) is 23.1 Å². The van der Waals surface area contributed by atoms with Crippen molar-refractivity contribution < 1.29 is 22.6 Å². The van der Waals surface area contributed by atoms with E-state index in [0.29, 0.717) is 24.7 Å². The molecule has 0 saturated carbocycles. The molecule has 10 heteroatoms. The second kappa shape index (κ2) is 9.96. The van der Waals surface area contributed by atoms with Crippen molar-refractivity contribution in [2.75, 3.05) is 45.3 Å². The van der Waals surface area contributed by atoms with Gasteiger partial charge >= 0.3 is 6.18 Å². The van der Waals surface area contributed by atoms with Crippen molar-refractivity contribution in [2.45, 2.75) is 19.1 Å². The molecule has 0 atom stereocenters. The first-order valence-electron chi connectivity index (χ1n) is 10.5. The lowest BCUT2D eigenvalue weighted by atomic mass is 10.2. The Balaban J connectivity index is 1.39. The molecule has 3 heterocycles. The molecule has 0 amide bonds. The van der Waals surface area contributed by atoms with Crippen molar-refractivity contribution in [2.24, 2.45) is 0 Å². The third-order valence-electron chi connectivity index (χ3n) is 5.56. The number of nitrogens with zero attached hydrogens (tertiary/aromatic N) is 4. The zero-order valence-electron chi connectivity index (χ0n) is 18.4. The number of ether oxygens (including phenoxy) is 2. The van der Waals surface area contributed by atoms with Crippen molar-refractivity contribution >= 4 is 17.2 Å². The van der Waals surface area contributed by atoms with Crippen LogP contribution in [0, 0.1) is 0 Å². The molecule has 33 heavy (non-hydrogen) atoms. The summed E-state index contributed by atoms with van der Waals surface area (Å²) in [4.78, 5) is 13.2. The first kappa shape index (κ1) is 23.3. The Morgan fingerprint density at radius 1 is 1.03 bits per heavy atom. The lowest BCUT2D eigenvalue weighted by Crippen LogP contribution is -2.31. The molecule has 1 saturated heterocycles. The van der Waals surface area contributed by atoms with Crippen molar-refractivity contribution in [1.29, 1.82) is 0 Å². The SMILES string of the molecule is COc1ccc(-c2nc(CN3CCCN(c4ccc(C(F)(F)F)cn4)CC3)cs2)c(OC)c1. The van der Waals surface area contributed by atoms with E-state index in [9.17, 15) is 13.2 Å². The Hall–Kier alpha value is -2.85. The Labute approximate surface area is 194 Å². The van der Waals surface area contributed by atoms with Gasteiger partial charge in [-0.25, -0.2) is 9.97 Å². The molecule has 1 fully saturated rings. The maximum absolute atomic E-state index is 12.8. The smallest absolute Gasteiger partial charge is 0.417 e. The van der Waals surface area contributed by atoms with E-state index >= 15 is 0 Å². The number of thiazole rings is 1. The number of rotatable bonds is 6. The molecule has 0 bridgehead atoms. The zero-order valence-corrected chi connectivity index (χ0v) is 19.2. The van der Waals surface area contributed by atoms with Crippen LogP contribution in [0.2, 0.25) is 0 Å². The number of hydrogen-bond acceptors (Lipinski definition) is 7. The fourth-order valence-electron chi connectivity index (χ4n) is 3.81. The number of benzene rings is 1. The molecule has 0 N–H and O–H groups in total. The molecule has 1 aromatic carbocycles. The molecule has 0 aliphatic carbocycles. The van der Waals surface area contributed by atoms with Crippen molar-refractivity contribution in [3.8, 4) is 22.1 Å². The third kappa shape index (κ3) is 5.56. The molecule has 0 unspecified atom stereocenters. The van der Waals surface area contributed by atoms with Crippen LogP contribution in [0.15, 0.2) is 41.9 Å². The summed E-state index contributed by atoms with van der Waals surface area (Å²) in [5.74, 6) is 2.01. The topological polar surface area (TPSA) is 50.7 Å². The summed E-state index contributed by atoms with van der Waals surface area (Å²) in [6, 6.07) is 8.22. The minimum absolute atomic E-state index is 0.576. The van der Waals surface area contributed by atoms with Gasteiger partial charge in [-0.15, -0.1) is 11.3 Å². The van der Waals surface area contributed by atoms with Crippen LogP contribution in [0.3, 0.4) is 0 Å². The fraction of sp³-hybridized carbons (Fsp3) is 0.391. The summed E-state index contributed by atoms with van der Waals surface area (Å²) < 4.78 is 49.1. The predicted octanol–water partition coefficient (Wildman–Crippen LogP) is 4.95. The molecular weight excluding hydrogens is 453 g/mol. The number of pyridine rings is 1. The largest absolute Gasteiger partial charge is 0.497 e. The number of anilines is 1. The second-order valence-corrected chi connectivity index (χ2v) is 8.59. The quantitative estimate of drug-likeness (QED) is 0.500. The second-order valence-electron chi connectivity index (χ2n) is 7.73.